The molecule has 1 aromatic heterocycles. The summed E-state index contributed by atoms with van der Waals surface area (Å²) in [6, 6.07) is 20.2. The number of aromatic nitrogens is 1. The van der Waals surface area contributed by atoms with Crippen molar-refractivity contribution >= 4 is 40.3 Å². The van der Waals surface area contributed by atoms with Gasteiger partial charge >= 0.3 is 5.97 Å². The summed E-state index contributed by atoms with van der Waals surface area (Å²) in [4.78, 5) is 41.4. The number of para-hydroxylation sites is 1. The number of carbonyl (C=O) groups excluding carboxylic acids is 3. The van der Waals surface area contributed by atoms with E-state index in [4.69, 9.17) is 16.3 Å². The van der Waals surface area contributed by atoms with Crippen molar-refractivity contribution in [3.05, 3.63) is 119 Å². The standard InChI is InChI=1S/C31H27ClN2O4/c1-4-31(2,3)33-18-21(23-9-7-8-12-26(23)33)17-27(30(37)38-19-20-13-15-22(32)16-14-20)34-28(35)24-10-5-6-11-25(24)29(34)36/h4-16,18,27H,1,17,19H2,2-3H3/t27-/m0/s1. The van der Waals surface area contributed by atoms with E-state index >= 15 is 0 Å². The van der Waals surface area contributed by atoms with Gasteiger partial charge in [0.25, 0.3) is 11.8 Å². The van der Waals surface area contributed by atoms with Gasteiger partial charge in [0.05, 0.1) is 16.7 Å². The maximum Gasteiger partial charge on any atom is 0.330 e. The number of ether oxygens (including phenoxy) is 1. The van der Waals surface area contributed by atoms with E-state index in [1.807, 2.05) is 50.4 Å². The number of amides is 2. The Labute approximate surface area is 226 Å². The third-order valence-corrected chi connectivity index (χ3v) is 7.28. The van der Waals surface area contributed by atoms with Gasteiger partial charge in [0.2, 0.25) is 0 Å². The Kier molecular flexibility index (Phi) is 6.67. The largest absolute Gasteiger partial charge is 0.459 e. The van der Waals surface area contributed by atoms with Crippen molar-refractivity contribution in [2.24, 2.45) is 0 Å². The van der Waals surface area contributed by atoms with Gasteiger partial charge < -0.3 is 9.30 Å². The molecule has 0 aliphatic carbocycles. The zero-order valence-electron chi connectivity index (χ0n) is 21.2. The number of esters is 1. The fourth-order valence-electron chi connectivity index (χ4n) is 4.80. The van der Waals surface area contributed by atoms with Crippen molar-refractivity contribution in [3.8, 4) is 0 Å². The summed E-state index contributed by atoms with van der Waals surface area (Å²) in [6.07, 6.45) is 3.92. The lowest BCUT2D eigenvalue weighted by atomic mass is 10.0. The first kappa shape index (κ1) is 25.5. The Balaban J connectivity index is 1.54. The first-order valence-corrected chi connectivity index (χ1v) is 12.7. The molecular weight excluding hydrogens is 500 g/mol. The predicted molar refractivity (Wildman–Crippen MR) is 147 cm³/mol. The second kappa shape index (κ2) is 9.95. The maximum absolute atomic E-state index is 13.6. The topological polar surface area (TPSA) is 68.6 Å². The summed E-state index contributed by atoms with van der Waals surface area (Å²) in [5.74, 6) is -1.67. The lowest BCUT2D eigenvalue weighted by molar-refractivity contribution is -0.149. The van der Waals surface area contributed by atoms with E-state index < -0.39 is 29.4 Å². The molecule has 192 valence electrons. The van der Waals surface area contributed by atoms with Gasteiger partial charge in [0.15, 0.2) is 0 Å². The van der Waals surface area contributed by atoms with Crippen LogP contribution >= 0.6 is 11.6 Å². The van der Waals surface area contributed by atoms with Crippen molar-refractivity contribution in [3.63, 3.8) is 0 Å². The molecule has 0 radical (unpaired) electrons. The molecule has 0 saturated carbocycles. The van der Waals surface area contributed by atoms with E-state index in [0.29, 0.717) is 5.02 Å². The van der Waals surface area contributed by atoms with Gasteiger partial charge in [0.1, 0.15) is 12.6 Å². The van der Waals surface area contributed by atoms with Crippen LogP contribution in [0.2, 0.25) is 5.02 Å². The molecule has 1 atom stereocenters. The van der Waals surface area contributed by atoms with Crippen LogP contribution in [0.25, 0.3) is 10.9 Å². The average molecular weight is 527 g/mol. The van der Waals surface area contributed by atoms with Crippen LogP contribution in [-0.2, 0) is 28.1 Å². The number of nitrogens with zero attached hydrogens (tertiary/aromatic N) is 2. The van der Waals surface area contributed by atoms with Gasteiger partial charge in [-0.2, -0.15) is 0 Å². The van der Waals surface area contributed by atoms with Crippen molar-refractivity contribution in [1.82, 2.24) is 9.47 Å². The zero-order valence-corrected chi connectivity index (χ0v) is 21.9. The second-order valence-electron chi connectivity index (χ2n) is 9.88. The Morgan fingerprint density at radius 1 is 0.974 bits per heavy atom. The van der Waals surface area contributed by atoms with E-state index in [1.165, 1.54) is 0 Å². The molecule has 38 heavy (non-hydrogen) atoms. The first-order chi connectivity index (χ1) is 18.2. The summed E-state index contributed by atoms with van der Waals surface area (Å²) in [7, 11) is 0. The van der Waals surface area contributed by atoms with Crippen LogP contribution in [0.1, 0.15) is 45.7 Å². The number of allylic oxidation sites excluding steroid dienone is 1. The smallest absolute Gasteiger partial charge is 0.330 e. The third-order valence-electron chi connectivity index (χ3n) is 7.03. The van der Waals surface area contributed by atoms with Crippen LogP contribution in [0.15, 0.2) is 91.6 Å². The van der Waals surface area contributed by atoms with Gasteiger partial charge in [0, 0.05) is 28.5 Å². The molecule has 0 saturated heterocycles. The molecule has 2 heterocycles. The maximum atomic E-state index is 13.6. The van der Waals surface area contributed by atoms with Gasteiger partial charge in [-0.3, -0.25) is 14.5 Å². The van der Waals surface area contributed by atoms with Crippen LogP contribution in [-0.4, -0.2) is 33.3 Å². The highest BCUT2D eigenvalue weighted by molar-refractivity contribution is 6.30. The van der Waals surface area contributed by atoms with Crippen molar-refractivity contribution in [2.45, 2.75) is 38.5 Å². The molecule has 0 spiro atoms. The fraction of sp³-hybridized carbons (Fsp3) is 0.194. The zero-order chi connectivity index (χ0) is 27.0. The summed E-state index contributed by atoms with van der Waals surface area (Å²) in [5, 5.41) is 1.50. The molecule has 0 N–H and O–H groups in total. The molecule has 5 rings (SSSR count). The van der Waals surface area contributed by atoms with E-state index in [0.717, 1.165) is 26.9 Å². The number of halogens is 1. The number of carbonyl (C=O) groups is 3. The Bertz CT molecular complexity index is 1530. The van der Waals surface area contributed by atoms with Crippen molar-refractivity contribution in [1.29, 1.82) is 0 Å². The molecule has 1 aliphatic rings. The minimum absolute atomic E-state index is 0.0130. The van der Waals surface area contributed by atoms with Crippen LogP contribution in [0.4, 0.5) is 0 Å². The third kappa shape index (κ3) is 4.52. The van der Waals surface area contributed by atoms with E-state index in [1.54, 1.807) is 48.5 Å². The van der Waals surface area contributed by atoms with Crippen molar-refractivity contribution in [2.75, 3.05) is 0 Å². The minimum atomic E-state index is -1.15. The van der Waals surface area contributed by atoms with Crippen LogP contribution in [0.5, 0.6) is 0 Å². The summed E-state index contributed by atoms with van der Waals surface area (Å²) in [5.41, 5.74) is 2.68. The Morgan fingerprint density at radius 2 is 1.58 bits per heavy atom. The quantitative estimate of drug-likeness (QED) is 0.156. The SMILES string of the molecule is C=CC(C)(C)n1cc(C[C@@H](C(=O)OCc2ccc(Cl)cc2)N2C(=O)c3ccccc3C2=O)c2ccccc21. The summed E-state index contributed by atoms with van der Waals surface area (Å²) in [6.45, 7) is 8.04. The molecule has 7 heteroatoms. The van der Waals surface area contributed by atoms with Crippen LogP contribution < -0.4 is 0 Å². The summed E-state index contributed by atoms with van der Waals surface area (Å²) >= 11 is 5.97. The average Bonchev–Trinajstić information content (AvgIpc) is 3.42. The van der Waals surface area contributed by atoms with Gasteiger partial charge in [-0.15, -0.1) is 6.58 Å². The van der Waals surface area contributed by atoms with E-state index in [2.05, 4.69) is 11.1 Å². The molecule has 0 bridgehead atoms. The van der Waals surface area contributed by atoms with Crippen LogP contribution in [0, 0.1) is 0 Å². The number of rotatable bonds is 8. The molecule has 1 aliphatic heterocycles. The lowest BCUT2D eigenvalue weighted by Gasteiger charge is -2.25. The number of hydrogen-bond donors (Lipinski definition) is 0. The van der Waals surface area contributed by atoms with E-state index in [-0.39, 0.29) is 24.2 Å². The monoisotopic (exact) mass is 526 g/mol. The minimum Gasteiger partial charge on any atom is -0.459 e. The van der Waals surface area contributed by atoms with Gasteiger partial charge in [-0.1, -0.05) is 60.1 Å². The summed E-state index contributed by atoms with van der Waals surface area (Å²) < 4.78 is 7.75. The Hall–Kier alpha value is -4.16. The molecule has 4 aromatic rings. The lowest BCUT2D eigenvalue weighted by Crippen LogP contribution is -2.47. The number of imide groups is 1. The van der Waals surface area contributed by atoms with Crippen LogP contribution in [0.3, 0.4) is 0 Å². The highest BCUT2D eigenvalue weighted by Crippen LogP contribution is 2.32. The molecule has 2 amide bonds. The van der Waals surface area contributed by atoms with Gasteiger partial charge in [-0.25, -0.2) is 4.79 Å². The highest BCUT2D eigenvalue weighted by atomic mass is 35.5. The van der Waals surface area contributed by atoms with Crippen molar-refractivity contribution < 1.29 is 19.1 Å². The number of hydrogen-bond acceptors (Lipinski definition) is 4. The molecule has 0 fully saturated rings. The first-order valence-electron chi connectivity index (χ1n) is 12.3. The molecule has 0 unspecified atom stereocenters. The predicted octanol–water partition coefficient (Wildman–Crippen LogP) is 6.17. The number of fused-ring (bicyclic) bond motifs is 2. The fourth-order valence-corrected chi connectivity index (χ4v) is 4.92. The normalized spacial score (nSPS) is 14.0. The molecule has 3 aromatic carbocycles. The Morgan fingerprint density at radius 3 is 2.21 bits per heavy atom. The molecular formula is C31H27ClN2O4. The number of benzene rings is 3. The molecule has 6 nitrogen and oxygen atoms in total. The highest BCUT2D eigenvalue weighted by Gasteiger charge is 2.43. The second-order valence-corrected chi connectivity index (χ2v) is 10.3. The van der Waals surface area contributed by atoms with E-state index in [9.17, 15) is 14.4 Å². The van der Waals surface area contributed by atoms with Gasteiger partial charge in [-0.05, 0) is 55.3 Å².